The standard InChI is InChI=1S/C21H26N4O/c1-5-25(6-2)14-16-8-7-9-18(12-16)23-21(26)17-10-11-20-19(13-17)22-15(3)24(20)4/h7-13H,5-6,14H2,1-4H3,(H,23,26). The van der Waals surface area contributed by atoms with Crippen molar-refractivity contribution in [2.45, 2.75) is 27.3 Å². The van der Waals surface area contributed by atoms with Gasteiger partial charge in [-0.1, -0.05) is 26.0 Å². The monoisotopic (exact) mass is 350 g/mol. The first-order valence-electron chi connectivity index (χ1n) is 9.07. The molecule has 5 nitrogen and oxygen atoms in total. The lowest BCUT2D eigenvalue weighted by molar-refractivity contribution is 0.102. The zero-order chi connectivity index (χ0) is 18.7. The maximum atomic E-state index is 12.6. The van der Waals surface area contributed by atoms with Gasteiger partial charge < -0.3 is 9.88 Å². The number of nitrogens with one attached hydrogen (secondary N) is 1. The van der Waals surface area contributed by atoms with E-state index in [0.29, 0.717) is 5.56 Å². The van der Waals surface area contributed by atoms with E-state index in [0.717, 1.165) is 42.2 Å². The van der Waals surface area contributed by atoms with E-state index in [2.05, 4.69) is 35.1 Å². The third-order valence-corrected chi connectivity index (χ3v) is 4.85. The topological polar surface area (TPSA) is 50.2 Å². The number of benzene rings is 2. The number of carbonyl (C=O) groups excluding carboxylic acids is 1. The molecule has 2 aromatic carbocycles. The van der Waals surface area contributed by atoms with E-state index in [1.165, 1.54) is 5.56 Å². The van der Waals surface area contributed by atoms with Crippen molar-refractivity contribution in [2.24, 2.45) is 7.05 Å². The Bertz CT molecular complexity index is 925. The van der Waals surface area contributed by atoms with Gasteiger partial charge in [0.25, 0.3) is 5.91 Å². The highest BCUT2D eigenvalue weighted by atomic mass is 16.1. The average Bonchev–Trinajstić information content (AvgIpc) is 2.93. The van der Waals surface area contributed by atoms with Crippen molar-refractivity contribution in [3.63, 3.8) is 0 Å². The van der Waals surface area contributed by atoms with Crippen LogP contribution < -0.4 is 5.32 Å². The summed E-state index contributed by atoms with van der Waals surface area (Å²) in [6.45, 7) is 9.18. The van der Waals surface area contributed by atoms with Crippen molar-refractivity contribution in [2.75, 3.05) is 18.4 Å². The molecule has 0 atom stereocenters. The number of anilines is 1. The third-order valence-electron chi connectivity index (χ3n) is 4.85. The predicted octanol–water partition coefficient (Wildman–Crippen LogP) is 3.98. The second kappa shape index (κ2) is 7.70. The van der Waals surface area contributed by atoms with Crippen LogP contribution in [0.25, 0.3) is 11.0 Å². The lowest BCUT2D eigenvalue weighted by Gasteiger charge is -2.18. The van der Waals surface area contributed by atoms with E-state index in [1.807, 2.05) is 54.9 Å². The summed E-state index contributed by atoms with van der Waals surface area (Å²) < 4.78 is 2.02. The van der Waals surface area contributed by atoms with Crippen LogP contribution in [0, 0.1) is 6.92 Å². The molecule has 0 radical (unpaired) electrons. The van der Waals surface area contributed by atoms with Crippen molar-refractivity contribution in [3.8, 4) is 0 Å². The average molecular weight is 350 g/mol. The van der Waals surface area contributed by atoms with E-state index >= 15 is 0 Å². The maximum absolute atomic E-state index is 12.6. The van der Waals surface area contributed by atoms with Gasteiger partial charge in [0.15, 0.2) is 0 Å². The van der Waals surface area contributed by atoms with Crippen LogP contribution in [0.5, 0.6) is 0 Å². The van der Waals surface area contributed by atoms with Crippen LogP contribution in [0.1, 0.15) is 35.6 Å². The van der Waals surface area contributed by atoms with Gasteiger partial charge in [0, 0.05) is 24.8 Å². The van der Waals surface area contributed by atoms with Gasteiger partial charge in [0.2, 0.25) is 0 Å². The molecule has 5 heteroatoms. The number of carbonyl (C=O) groups is 1. The molecular formula is C21H26N4O. The van der Waals surface area contributed by atoms with Crippen LogP contribution in [-0.2, 0) is 13.6 Å². The molecule has 0 saturated carbocycles. The van der Waals surface area contributed by atoms with Gasteiger partial charge in [-0.2, -0.15) is 0 Å². The van der Waals surface area contributed by atoms with Gasteiger partial charge in [0.1, 0.15) is 5.82 Å². The molecule has 1 amide bonds. The van der Waals surface area contributed by atoms with Crippen LogP contribution in [0.4, 0.5) is 5.69 Å². The molecule has 26 heavy (non-hydrogen) atoms. The normalized spacial score (nSPS) is 11.3. The Labute approximate surface area is 154 Å². The molecule has 1 aromatic heterocycles. The van der Waals surface area contributed by atoms with E-state index in [4.69, 9.17) is 0 Å². The Morgan fingerprint density at radius 2 is 1.92 bits per heavy atom. The summed E-state index contributed by atoms with van der Waals surface area (Å²) in [7, 11) is 1.98. The molecule has 0 aliphatic carbocycles. The summed E-state index contributed by atoms with van der Waals surface area (Å²) in [4.78, 5) is 19.5. The van der Waals surface area contributed by atoms with Gasteiger partial charge in [-0.05, 0) is 55.9 Å². The Kier molecular flexibility index (Phi) is 5.38. The fraction of sp³-hybridized carbons (Fsp3) is 0.333. The van der Waals surface area contributed by atoms with E-state index in [-0.39, 0.29) is 5.91 Å². The van der Waals surface area contributed by atoms with Crippen molar-refractivity contribution in [1.82, 2.24) is 14.5 Å². The summed E-state index contributed by atoms with van der Waals surface area (Å²) in [5, 5.41) is 3.00. The zero-order valence-corrected chi connectivity index (χ0v) is 15.9. The molecule has 3 rings (SSSR count). The lowest BCUT2D eigenvalue weighted by atomic mass is 10.1. The van der Waals surface area contributed by atoms with Gasteiger partial charge in [0.05, 0.1) is 11.0 Å². The number of fused-ring (bicyclic) bond motifs is 1. The molecule has 1 N–H and O–H groups in total. The van der Waals surface area contributed by atoms with Gasteiger partial charge in [-0.15, -0.1) is 0 Å². The second-order valence-electron chi connectivity index (χ2n) is 6.54. The number of hydrogen-bond acceptors (Lipinski definition) is 3. The van der Waals surface area contributed by atoms with Crippen LogP contribution in [0.2, 0.25) is 0 Å². The molecule has 0 saturated heterocycles. The first-order valence-corrected chi connectivity index (χ1v) is 9.07. The quantitative estimate of drug-likeness (QED) is 0.732. The minimum absolute atomic E-state index is 0.116. The van der Waals surface area contributed by atoms with E-state index in [1.54, 1.807) is 0 Å². The summed E-state index contributed by atoms with van der Waals surface area (Å²) in [5.74, 6) is 0.817. The number of hydrogen-bond donors (Lipinski definition) is 1. The van der Waals surface area contributed by atoms with E-state index < -0.39 is 0 Å². The molecule has 0 aliphatic rings. The zero-order valence-electron chi connectivity index (χ0n) is 15.9. The number of aromatic nitrogens is 2. The Hall–Kier alpha value is -2.66. The number of amides is 1. The maximum Gasteiger partial charge on any atom is 0.255 e. The molecular weight excluding hydrogens is 324 g/mol. The highest BCUT2D eigenvalue weighted by molar-refractivity contribution is 6.06. The Morgan fingerprint density at radius 1 is 1.15 bits per heavy atom. The Morgan fingerprint density at radius 3 is 2.65 bits per heavy atom. The summed E-state index contributed by atoms with van der Waals surface area (Å²) in [5.41, 5.74) is 4.50. The molecule has 3 aromatic rings. The SMILES string of the molecule is CCN(CC)Cc1cccc(NC(=O)c2ccc3c(c2)nc(C)n3C)c1. The Balaban J connectivity index is 1.77. The minimum atomic E-state index is -0.116. The van der Waals surface area contributed by atoms with Gasteiger partial charge in [-0.3, -0.25) is 9.69 Å². The molecule has 0 fully saturated rings. The van der Waals surface area contributed by atoms with Crippen LogP contribution in [-0.4, -0.2) is 33.4 Å². The highest BCUT2D eigenvalue weighted by Gasteiger charge is 2.11. The number of nitrogens with zero attached hydrogens (tertiary/aromatic N) is 3. The largest absolute Gasteiger partial charge is 0.331 e. The van der Waals surface area contributed by atoms with Crippen molar-refractivity contribution in [1.29, 1.82) is 0 Å². The molecule has 1 heterocycles. The molecule has 0 spiro atoms. The van der Waals surface area contributed by atoms with Gasteiger partial charge >= 0.3 is 0 Å². The molecule has 0 bridgehead atoms. The third kappa shape index (κ3) is 3.78. The first kappa shape index (κ1) is 18.1. The smallest absolute Gasteiger partial charge is 0.255 e. The van der Waals surface area contributed by atoms with Crippen molar-refractivity contribution >= 4 is 22.6 Å². The molecule has 0 aliphatic heterocycles. The van der Waals surface area contributed by atoms with Crippen molar-refractivity contribution in [3.05, 3.63) is 59.4 Å². The van der Waals surface area contributed by atoms with Crippen LogP contribution >= 0.6 is 0 Å². The predicted molar refractivity (Wildman–Crippen MR) is 106 cm³/mol. The van der Waals surface area contributed by atoms with Crippen molar-refractivity contribution < 1.29 is 4.79 Å². The number of aryl methyl sites for hydroxylation is 2. The first-order chi connectivity index (χ1) is 12.5. The number of imidazole rings is 1. The summed E-state index contributed by atoms with van der Waals surface area (Å²) in [6, 6.07) is 13.7. The summed E-state index contributed by atoms with van der Waals surface area (Å²) in [6.07, 6.45) is 0. The second-order valence-corrected chi connectivity index (χ2v) is 6.54. The van der Waals surface area contributed by atoms with Crippen LogP contribution in [0.3, 0.4) is 0 Å². The van der Waals surface area contributed by atoms with Crippen LogP contribution in [0.15, 0.2) is 42.5 Å². The highest BCUT2D eigenvalue weighted by Crippen LogP contribution is 2.18. The fourth-order valence-corrected chi connectivity index (χ4v) is 3.12. The van der Waals surface area contributed by atoms with E-state index in [9.17, 15) is 4.79 Å². The van der Waals surface area contributed by atoms with Gasteiger partial charge in [-0.25, -0.2) is 4.98 Å². The number of rotatable bonds is 6. The lowest BCUT2D eigenvalue weighted by Crippen LogP contribution is -2.22. The molecule has 136 valence electrons. The minimum Gasteiger partial charge on any atom is -0.331 e. The fourth-order valence-electron chi connectivity index (χ4n) is 3.12. The molecule has 0 unspecified atom stereocenters. The summed E-state index contributed by atoms with van der Waals surface area (Å²) >= 11 is 0.